The largest absolute Gasteiger partial charge is 0.573 e. The zero-order valence-corrected chi connectivity index (χ0v) is 19.0. The smallest absolute Gasteiger partial charge is 0.402 e. The Hall–Kier alpha value is -3.05. The Bertz CT molecular complexity index is 1250. The molecule has 0 N–H and O–H groups in total. The molecule has 0 amide bonds. The molecule has 3 aromatic rings. The van der Waals surface area contributed by atoms with Crippen LogP contribution < -0.4 is 14.5 Å². The Kier molecular flexibility index (Phi) is 4.72. The van der Waals surface area contributed by atoms with E-state index in [4.69, 9.17) is 11.6 Å². The highest BCUT2D eigenvalue weighted by atomic mass is 35.5. The summed E-state index contributed by atoms with van der Waals surface area (Å²) in [7, 11) is 2.03. The van der Waals surface area contributed by atoms with E-state index in [1.54, 1.807) is 0 Å². The molecule has 5 heterocycles. The first-order valence-corrected chi connectivity index (χ1v) is 11.2. The fourth-order valence-electron chi connectivity index (χ4n) is 5.19. The average molecular weight is 492 g/mol. The molecular formula is C22H21ClF3N7O. The minimum Gasteiger partial charge on any atom is -0.402 e. The average Bonchev–Trinajstić information content (AvgIpc) is 3.02. The van der Waals surface area contributed by atoms with E-state index in [1.165, 1.54) is 18.3 Å². The number of rotatable bonds is 3. The van der Waals surface area contributed by atoms with Gasteiger partial charge in [0.05, 0.1) is 12.2 Å². The molecule has 178 valence electrons. The Morgan fingerprint density at radius 2 is 1.79 bits per heavy atom. The zero-order valence-electron chi connectivity index (χ0n) is 18.3. The van der Waals surface area contributed by atoms with Gasteiger partial charge >= 0.3 is 6.36 Å². The Morgan fingerprint density at radius 1 is 1.03 bits per heavy atom. The van der Waals surface area contributed by atoms with Gasteiger partial charge in [-0.25, -0.2) is 4.98 Å². The Labute approximate surface area is 198 Å². The molecule has 0 aliphatic carbocycles. The molecular weight excluding hydrogens is 471 g/mol. The molecule has 0 saturated carbocycles. The lowest BCUT2D eigenvalue weighted by Crippen LogP contribution is -2.73. The van der Waals surface area contributed by atoms with Crippen LogP contribution in [0.4, 0.5) is 24.9 Å². The topological polar surface area (TPSA) is 62.6 Å². The summed E-state index contributed by atoms with van der Waals surface area (Å²) in [5.74, 6) is 1.58. The van der Waals surface area contributed by atoms with Crippen LogP contribution in [0.15, 0.2) is 36.5 Å². The Balaban J connectivity index is 1.20. The highest BCUT2D eigenvalue weighted by Gasteiger charge is 2.54. The van der Waals surface area contributed by atoms with Gasteiger partial charge in [0.15, 0.2) is 17.4 Å². The standard InChI is InChI=1S/C22H21ClF3N7O/c1-30-8-14-7-15(23)4-5-16(14)33-18(9-30)28-29-20(33)32-12-21(13-32)10-31(11-21)19-17(3-2-6-27-19)34-22(24,25)26/h2-7H,8-13H2,1H3. The van der Waals surface area contributed by atoms with Crippen LogP contribution in [0.25, 0.3) is 5.69 Å². The summed E-state index contributed by atoms with van der Waals surface area (Å²) in [6, 6.07) is 8.57. The second kappa shape index (κ2) is 7.47. The summed E-state index contributed by atoms with van der Waals surface area (Å²) >= 11 is 6.24. The van der Waals surface area contributed by atoms with E-state index >= 15 is 0 Å². The zero-order chi connectivity index (χ0) is 23.7. The Morgan fingerprint density at radius 3 is 2.56 bits per heavy atom. The summed E-state index contributed by atoms with van der Waals surface area (Å²) in [5.41, 5.74) is 2.10. The number of ether oxygens (including phenoxy) is 1. The fourth-order valence-corrected chi connectivity index (χ4v) is 5.38. The second-order valence-electron chi connectivity index (χ2n) is 9.28. The van der Waals surface area contributed by atoms with Crippen LogP contribution in [0.5, 0.6) is 5.75 Å². The quantitative estimate of drug-likeness (QED) is 0.556. The molecule has 3 aliphatic heterocycles. The summed E-state index contributed by atoms with van der Waals surface area (Å²) in [6.45, 7) is 4.10. The molecule has 0 atom stereocenters. The third kappa shape index (κ3) is 3.63. The lowest BCUT2D eigenvalue weighted by atomic mass is 9.73. The molecule has 34 heavy (non-hydrogen) atoms. The first-order valence-electron chi connectivity index (χ1n) is 10.8. The number of nitrogens with zero attached hydrogens (tertiary/aromatic N) is 7. The number of hydrogen-bond acceptors (Lipinski definition) is 7. The van der Waals surface area contributed by atoms with E-state index in [-0.39, 0.29) is 17.0 Å². The van der Waals surface area contributed by atoms with Crippen LogP contribution in [0.3, 0.4) is 0 Å². The van der Waals surface area contributed by atoms with E-state index in [2.05, 4.69) is 34.3 Å². The second-order valence-corrected chi connectivity index (χ2v) is 9.72. The van der Waals surface area contributed by atoms with Crippen molar-refractivity contribution in [1.29, 1.82) is 0 Å². The number of anilines is 2. The van der Waals surface area contributed by atoms with Crippen LogP contribution in [0.2, 0.25) is 5.02 Å². The van der Waals surface area contributed by atoms with E-state index in [0.29, 0.717) is 24.7 Å². The molecule has 0 unspecified atom stereocenters. The third-order valence-electron chi connectivity index (χ3n) is 6.51. The number of alkyl halides is 3. The van der Waals surface area contributed by atoms with Gasteiger partial charge in [0.25, 0.3) is 0 Å². The number of hydrogen-bond donors (Lipinski definition) is 0. The molecule has 12 heteroatoms. The minimum absolute atomic E-state index is 0.0240. The fraction of sp³-hybridized carbons (Fsp3) is 0.409. The van der Waals surface area contributed by atoms with E-state index < -0.39 is 6.36 Å². The van der Waals surface area contributed by atoms with Crippen LogP contribution >= 0.6 is 11.6 Å². The summed E-state index contributed by atoms with van der Waals surface area (Å²) in [4.78, 5) is 10.3. The van der Waals surface area contributed by atoms with Gasteiger partial charge in [0.2, 0.25) is 5.95 Å². The molecule has 2 aromatic heterocycles. The molecule has 2 saturated heterocycles. The van der Waals surface area contributed by atoms with Crippen LogP contribution in [0.1, 0.15) is 11.4 Å². The number of benzene rings is 1. The van der Waals surface area contributed by atoms with Crippen molar-refractivity contribution in [2.24, 2.45) is 5.41 Å². The molecule has 6 rings (SSSR count). The van der Waals surface area contributed by atoms with Crippen LogP contribution in [-0.4, -0.2) is 64.2 Å². The molecule has 0 bridgehead atoms. The van der Waals surface area contributed by atoms with Crippen molar-refractivity contribution in [2.75, 3.05) is 43.0 Å². The van der Waals surface area contributed by atoms with Crippen molar-refractivity contribution in [3.05, 3.63) is 52.9 Å². The summed E-state index contributed by atoms with van der Waals surface area (Å²) < 4.78 is 44.5. The minimum atomic E-state index is -4.76. The number of fused-ring (bicyclic) bond motifs is 3. The monoisotopic (exact) mass is 491 g/mol. The molecule has 1 aromatic carbocycles. The van der Waals surface area contributed by atoms with Gasteiger partial charge in [-0.15, -0.1) is 23.4 Å². The predicted molar refractivity (Wildman–Crippen MR) is 119 cm³/mol. The first-order chi connectivity index (χ1) is 16.2. The van der Waals surface area contributed by atoms with E-state index in [0.717, 1.165) is 42.7 Å². The highest BCUT2D eigenvalue weighted by Crippen LogP contribution is 2.46. The van der Waals surface area contributed by atoms with Gasteiger partial charge in [0.1, 0.15) is 0 Å². The van der Waals surface area contributed by atoms with Gasteiger partial charge in [0, 0.05) is 49.4 Å². The van der Waals surface area contributed by atoms with Gasteiger partial charge < -0.3 is 14.5 Å². The number of aromatic nitrogens is 4. The predicted octanol–water partition coefficient (Wildman–Crippen LogP) is 3.49. The van der Waals surface area contributed by atoms with Crippen molar-refractivity contribution in [3.63, 3.8) is 0 Å². The summed E-state index contributed by atoms with van der Waals surface area (Å²) in [5, 5.41) is 9.61. The lowest BCUT2D eigenvalue weighted by molar-refractivity contribution is -0.274. The van der Waals surface area contributed by atoms with Crippen molar-refractivity contribution in [1.82, 2.24) is 24.6 Å². The molecule has 0 radical (unpaired) electrons. The SMILES string of the molecule is CN1Cc2cc(Cl)ccc2-n2c(nnc2N2CC3(CN(c4ncccc4OC(F)(F)F)C3)C2)C1. The van der Waals surface area contributed by atoms with Crippen molar-refractivity contribution in [3.8, 4) is 11.4 Å². The van der Waals surface area contributed by atoms with Crippen molar-refractivity contribution >= 4 is 23.4 Å². The van der Waals surface area contributed by atoms with Gasteiger partial charge in [-0.1, -0.05) is 11.6 Å². The molecule has 3 aliphatic rings. The third-order valence-corrected chi connectivity index (χ3v) is 6.75. The first kappa shape index (κ1) is 21.5. The maximum Gasteiger partial charge on any atom is 0.573 e. The molecule has 1 spiro atoms. The molecule has 2 fully saturated rings. The van der Waals surface area contributed by atoms with Crippen LogP contribution in [-0.2, 0) is 13.1 Å². The van der Waals surface area contributed by atoms with Gasteiger partial charge in [-0.05, 0) is 42.9 Å². The van der Waals surface area contributed by atoms with Crippen molar-refractivity contribution < 1.29 is 17.9 Å². The molecule has 8 nitrogen and oxygen atoms in total. The number of pyridine rings is 1. The number of halogens is 4. The maximum absolute atomic E-state index is 12.8. The van der Waals surface area contributed by atoms with Crippen molar-refractivity contribution in [2.45, 2.75) is 19.5 Å². The normalized spacial score (nSPS) is 19.2. The van der Waals surface area contributed by atoms with Gasteiger partial charge in [-0.3, -0.25) is 9.47 Å². The van der Waals surface area contributed by atoms with E-state index in [9.17, 15) is 13.2 Å². The summed E-state index contributed by atoms with van der Waals surface area (Å²) in [6.07, 6.45) is -3.28. The lowest BCUT2D eigenvalue weighted by Gasteiger charge is -2.60. The van der Waals surface area contributed by atoms with Gasteiger partial charge in [-0.2, -0.15) is 0 Å². The maximum atomic E-state index is 12.8. The highest BCUT2D eigenvalue weighted by molar-refractivity contribution is 6.30. The van der Waals surface area contributed by atoms with Crippen LogP contribution in [0, 0.1) is 5.41 Å². The van der Waals surface area contributed by atoms with E-state index in [1.807, 2.05) is 30.1 Å².